The Balaban J connectivity index is 2.01. The fourth-order valence-corrected chi connectivity index (χ4v) is 3.08. The van der Waals surface area contributed by atoms with Crippen molar-refractivity contribution in [1.82, 2.24) is 0 Å². The average Bonchev–Trinajstić information content (AvgIpc) is 2.70. The molecular formula is C17H20ClNO. The summed E-state index contributed by atoms with van der Waals surface area (Å²) < 4.78 is 0. The van der Waals surface area contributed by atoms with Crippen LogP contribution < -0.4 is 0 Å². The minimum atomic E-state index is -0.643. The van der Waals surface area contributed by atoms with Crippen LogP contribution in [0.4, 0.5) is 0 Å². The zero-order valence-corrected chi connectivity index (χ0v) is 12.4. The van der Waals surface area contributed by atoms with Crippen molar-refractivity contribution >= 4 is 17.4 Å². The van der Waals surface area contributed by atoms with Crippen molar-refractivity contribution in [3.05, 3.63) is 34.9 Å². The van der Waals surface area contributed by atoms with Gasteiger partial charge >= 0.3 is 0 Å². The molecule has 1 aromatic rings. The Labute approximate surface area is 125 Å². The van der Waals surface area contributed by atoms with Crippen LogP contribution in [0.25, 0.3) is 0 Å². The predicted octanol–water partition coefficient (Wildman–Crippen LogP) is 4.88. The molecule has 1 aromatic carbocycles. The molecule has 1 aliphatic carbocycles. The molecule has 0 heterocycles. The number of Topliss-reactive ketones (excluding diaryl/α,β-unsaturated/α-hetero) is 1. The van der Waals surface area contributed by atoms with Crippen LogP contribution in [-0.2, 0) is 4.79 Å². The lowest BCUT2D eigenvalue weighted by molar-refractivity contribution is -0.120. The minimum Gasteiger partial charge on any atom is -0.298 e. The van der Waals surface area contributed by atoms with E-state index >= 15 is 0 Å². The smallest absolute Gasteiger partial charge is 0.154 e. The Morgan fingerprint density at radius 3 is 2.35 bits per heavy atom. The second-order valence-corrected chi connectivity index (χ2v) is 6.08. The van der Waals surface area contributed by atoms with Crippen molar-refractivity contribution in [3.63, 3.8) is 0 Å². The molecular weight excluding hydrogens is 270 g/mol. The van der Waals surface area contributed by atoms with Gasteiger partial charge in [-0.05, 0) is 23.6 Å². The zero-order valence-electron chi connectivity index (χ0n) is 11.6. The predicted molar refractivity (Wildman–Crippen MR) is 80.6 cm³/mol. The van der Waals surface area contributed by atoms with Gasteiger partial charge in [0.15, 0.2) is 5.78 Å². The Bertz CT molecular complexity index is 481. The van der Waals surface area contributed by atoms with Gasteiger partial charge in [0.25, 0.3) is 0 Å². The second-order valence-electron chi connectivity index (χ2n) is 5.64. The van der Waals surface area contributed by atoms with E-state index in [0.29, 0.717) is 17.4 Å². The lowest BCUT2D eigenvalue weighted by Gasteiger charge is -2.15. The summed E-state index contributed by atoms with van der Waals surface area (Å²) >= 11 is 5.85. The summed E-state index contributed by atoms with van der Waals surface area (Å²) in [5, 5.41) is 9.93. The van der Waals surface area contributed by atoms with E-state index < -0.39 is 5.92 Å². The van der Waals surface area contributed by atoms with Crippen LogP contribution in [0, 0.1) is 17.2 Å². The Morgan fingerprint density at radius 1 is 1.20 bits per heavy atom. The summed E-state index contributed by atoms with van der Waals surface area (Å²) in [5.74, 6) is -0.120. The third-order valence-corrected chi connectivity index (χ3v) is 4.37. The van der Waals surface area contributed by atoms with Gasteiger partial charge < -0.3 is 0 Å². The molecule has 2 rings (SSSR count). The number of hydrogen-bond donors (Lipinski definition) is 0. The van der Waals surface area contributed by atoms with Gasteiger partial charge in [-0.2, -0.15) is 5.26 Å². The molecule has 0 spiro atoms. The van der Waals surface area contributed by atoms with E-state index in [1.165, 1.54) is 25.7 Å². The maximum absolute atomic E-state index is 12.4. The van der Waals surface area contributed by atoms with Crippen molar-refractivity contribution in [1.29, 1.82) is 5.26 Å². The maximum atomic E-state index is 12.4. The van der Waals surface area contributed by atoms with Gasteiger partial charge in [-0.1, -0.05) is 62.3 Å². The Hall–Kier alpha value is -1.33. The molecule has 3 heteroatoms. The SMILES string of the molecule is N#CC(C(=O)CC1CCCCCC1)c1ccc(Cl)cc1. The van der Waals surface area contributed by atoms with Crippen LogP contribution in [0.2, 0.25) is 5.02 Å². The fourth-order valence-electron chi connectivity index (χ4n) is 2.96. The molecule has 1 unspecified atom stereocenters. The highest BCUT2D eigenvalue weighted by molar-refractivity contribution is 6.30. The molecule has 0 radical (unpaired) electrons. The number of benzene rings is 1. The first-order chi connectivity index (χ1) is 9.70. The van der Waals surface area contributed by atoms with Crippen LogP contribution in [0.5, 0.6) is 0 Å². The number of rotatable bonds is 4. The molecule has 0 amide bonds. The van der Waals surface area contributed by atoms with E-state index in [0.717, 1.165) is 18.4 Å². The van der Waals surface area contributed by atoms with Crippen molar-refractivity contribution in [2.45, 2.75) is 50.9 Å². The van der Waals surface area contributed by atoms with Crippen LogP contribution in [0.15, 0.2) is 24.3 Å². The number of ketones is 1. The molecule has 106 valence electrons. The molecule has 1 saturated carbocycles. The summed E-state index contributed by atoms with van der Waals surface area (Å²) in [6, 6.07) is 9.18. The van der Waals surface area contributed by atoms with E-state index in [-0.39, 0.29) is 5.78 Å². The molecule has 20 heavy (non-hydrogen) atoms. The Kier molecular flexibility index (Phi) is 5.61. The summed E-state index contributed by atoms with van der Waals surface area (Å²) in [4.78, 5) is 12.4. The van der Waals surface area contributed by atoms with Crippen LogP contribution >= 0.6 is 11.6 Å². The fraction of sp³-hybridized carbons (Fsp3) is 0.529. The van der Waals surface area contributed by atoms with Gasteiger partial charge in [-0.25, -0.2) is 0 Å². The largest absolute Gasteiger partial charge is 0.298 e. The highest BCUT2D eigenvalue weighted by Gasteiger charge is 2.24. The lowest BCUT2D eigenvalue weighted by atomic mass is 9.87. The van der Waals surface area contributed by atoms with Crippen molar-refractivity contribution in [2.24, 2.45) is 5.92 Å². The highest BCUT2D eigenvalue weighted by atomic mass is 35.5. The molecule has 0 N–H and O–H groups in total. The van der Waals surface area contributed by atoms with Crippen molar-refractivity contribution in [2.75, 3.05) is 0 Å². The summed E-state index contributed by atoms with van der Waals surface area (Å²) in [7, 11) is 0. The van der Waals surface area contributed by atoms with Crippen molar-refractivity contribution in [3.8, 4) is 6.07 Å². The monoisotopic (exact) mass is 289 g/mol. The number of carbonyl (C=O) groups excluding carboxylic acids is 1. The molecule has 0 aliphatic heterocycles. The van der Waals surface area contributed by atoms with Gasteiger partial charge in [0, 0.05) is 11.4 Å². The summed E-state index contributed by atoms with van der Waals surface area (Å²) in [6.45, 7) is 0. The minimum absolute atomic E-state index is 0.0572. The molecule has 0 bridgehead atoms. The van der Waals surface area contributed by atoms with Crippen LogP contribution in [-0.4, -0.2) is 5.78 Å². The number of halogens is 1. The topological polar surface area (TPSA) is 40.9 Å². The van der Waals surface area contributed by atoms with E-state index in [1.807, 2.05) is 0 Å². The van der Waals surface area contributed by atoms with E-state index in [2.05, 4.69) is 6.07 Å². The van der Waals surface area contributed by atoms with Gasteiger partial charge in [0.1, 0.15) is 5.92 Å². The maximum Gasteiger partial charge on any atom is 0.154 e. The molecule has 1 aliphatic rings. The van der Waals surface area contributed by atoms with Gasteiger partial charge in [-0.3, -0.25) is 4.79 Å². The molecule has 1 fully saturated rings. The van der Waals surface area contributed by atoms with E-state index in [4.69, 9.17) is 11.6 Å². The third kappa shape index (κ3) is 4.08. The zero-order chi connectivity index (χ0) is 14.4. The number of nitriles is 1. The summed E-state index contributed by atoms with van der Waals surface area (Å²) in [5.41, 5.74) is 0.760. The van der Waals surface area contributed by atoms with Gasteiger partial charge in [0.2, 0.25) is 0 Å². The van der Waals surface area contributed by atoms with E-state index in [1.54, 1.807) is 24.3 Å². The van der Waals surface area contributed by atoms with Crippen molar-refractivity contribution < 1.29 is 4.79 Å². The number of carbonyl (C=O) groups is 1. The number of hydrogen-bond acceptors (Lipinski definition) is 2. The first-order valence-electron chi connectivity index (χ1n) is 7.38. The third-order valence-electron chi connectivity index (χ3n) is 4.12. The standard InChI is InChI=1S/C17H20ClNO/c18-15-9-7-14(8-10-15)16(12-19)17(20)11-13-5-3-1-2-4-6-13/h7-10,13,16H,1-6,11H2. The van der Waals surface area contributed by atoms with Crippen LogP contribution in [0.3, 0.4) is 0 Å². The molecule has 0 aromatic heterocycles. The number of nitrogens with zero attached hydrogens (tertiary/aromatic N) is 1. The first-order valence-corrected chi connectivity index (χ1v) is 7.76. The second kappa shape index (κ2) is 7.45. The summed E-state index contributed by atoms with van der Waals surface area (Å²) in [6.07, 6.45) is 7.80. The first kappa shape index (κ1) is 15.1. The van der Waals surface area contributed by atoms with Crippen LogP contribution in [0.1, 0.15) is 56.4 Å². The average molecular weight is 290 g/mol. The molecule has 0 saturated heterocycles. The Morgan fingerprint density at radius 2 is 1.80 bits per heavy atom. The molecule has 2 nitrogen and oxygen atoms in total. The lowest BCUT2D eigenvalue weighted by Crippen LogP contribution is -2.15. The normalized spacial score (nSPS) is 18.0. The molecule has 1 atom stereocenters. The highest BCUT2D eigenvalue weighted by Crippen LogP contribution is 2.29. The van der Waals surface area contributed by atoms with Gasteiger partial charge in [0.05, 0.1) is 6.07 Å². The van der Waals surface area contributed by atoms with Gasteiger partial charge in [-0.15, -0.1) is 0 Å². The van der Waals surface area contributed by atoms with E-state index in [9.17, 15) is 10.1 Å². The quantitative estimate of drug-likeness (QED) is 0.741.